The van der Waals surface area contributed by atoms with Gasteiger partial charge in [0.05, 0.1) is 15.4 Å². The van der Waals surface area contributed by atoms with Crippen molar-refractivity contribution in [2.45, 2.75) is 32.2 Å². The summed E-state index contributed by atoms with van der Waals surface area (Å²) >= 11 is 6.35. The van der Waals surface area contributed by atoms with Gasteiger partial charge in [0.25, 0.3) is 5.91 Å². The first kappa shape index (κ1) is 15.9. The van der Waals surface area contributed by atoms with Crippen LogP contribution in [0.1, 0.15) is 36.4 Å². The van der Waals surface area contributed by atoms with E-state index in [4.69, 9.17) is 18.0 Å². The Morgan fingerprint density at radius 3 is 2.62 bits per heavy atom. The van der Waals surface area contributed by atoms with Gasteiger partial charge in [-0.3, -0.25) is 4.79 Å². The van der Waals surface area contributed by atoms with Crippen LogP contribution >= 0.6 is 23.6 Å². The van der Waals surface area contributed by atoms with Gasteiger partial charge < -0.3 is 11.1 Å². The average Bonchev–Trinajstić information content (AvgIpc) is 2.87. The molecule has 1 amide bonds. The summed E-state index contributed by atoms with van der Waals surface area (Å²) in [6, 6.07) is 6.23. The Bertz CT molecular complexity index is 692. The minimum Gasteiger partial charge on any atom is -0.391 e. The number of carbonyl (C=O) groups excluding carboxylic acids is 1. The molecule has 6 heteroatoms. The molecule has 2 rings (SSSR count). The lowest BCUT2D eigenvalue weighted by Gasteiger charge is -2.31. The largest absolute Gasteiger partial charge is 0.391 e. The Kier molecular flexibility index (Phi) is 4.58. The summed E-state index contributed by atoms with van der Waals surface area (Å²) in [5.74, 6) is -0.538. The number of thiocarbonyl (C=S) groups is 1. The van der Waals surface area contributed by atoms with E-state index in [2.05, 4.69) is 5.32 Å². The van der Waals surface area contributed by atoms with E-state index in [-0.39, 0.29) is 16.7 Å². The van der Waals surface area contributed by atoms with E-state index in [1.54, 1.807) is 12.1 Å². The summed E-state index contributed by atoms with van der Waals surface area (Å²) in [6.07, 6.45) is 1.26. The molecule has 0 bridgehead atoms. The molecule has 1 aromatic heterocycles. The van der Waals surface area contributed by atoms with Gasteiger partial charge in [-0.15, -0.1) is 11.3 Å². The lowest BCUT2D eigenvalue weighted by Crippen LogP contribution is -2.55. The Labute approximate surface area is 132 Å². The van der Waals surface area contributed by atoms with E-state index < -0.39 is 5.54 Å². The van der Waals surface area contributed by atoms with Crippen LogP contribution in [0.2, 0.25) is 0 Å². The average molecular weight is 324 g/mol. The number of hydrogen-bond donors (Lipinski definition) is 2. The second-order valence-electron chi connectivity index (χ2n) is 4.90. The number of thiophene rings is 1. The van der Waals surface area contributed by atoms with E-state index in [1.165, 1.54) is 23.5 Å². The Morgan fingerprint density at radius 2 is 2.05 bits per heavy atom. The third-order valence-electron chi connectivity index (χ3n) is 3.74. The molecule has 3 nitrogen and oxygen atoms in total. The Hall–Kier alpha value is -1.53. The molecule has 0 spiro atoms. The normalized spacial score (nSPS) is 11.6. The maximum atomic E-state index is 13.2. The number of carbonyl (C=O) groups is 1. The number of nitrogens with one attached hydrogen (secondary N) is 1. The molecule has 2 aromatic rings. The second kappa shape index (κ2) is 6.07. The number of fused-ring (bicyclic) bond motifs is 1. The summed E-state index contributed by atoms with van der Waals surface area (Å²) < 4.78 is 14.0. The zero-order valence-corrected chi connectivity index (χ0v) is 13.5. The first-order chi connectivity index (χ1) is 9.91. The summed E-state index contributed by atoms with van der Waals surface area (Å²) in [4.78, 5) is 13.2. The van der Waals surface area contributed by atoms with Crippen LogP contribution in [-0.2, 0) is 0 Å². The summed E-state index contributed by atoms with van der Waals surface area (Å²) in [7, 11) is 0. The van der Waals surface area contributed by atoms with E-state index in [0.717, 1.165) is 10.1 Å². The molecule has 0 saturated heterocycles. The van der Waals surface area contributed by atoms with Gasteiger partial charge in [-0.2, -0.15) is 0 Å². The van der Waals surface area contributed by atoms with Gasteiger partial charge in [-0.1, -0.05) is 32.1 Å². The second-order valence-corrected chi connectivity index (χ2v) is 6.42. The molecule has 1 heterocycles. The van der Waals surface area contributed by atoms with Crippen LogP contribution in [0.25, 0.3) is 10.1 Å². The standard InChI is InChI=1S/C15H17FN2OS2/c1-3-15(4-2,14(17)20)18-13(19)12-7-9-5-6-10(16)8-11(9)21-12/h5-8H,3-4H2,1-2H3,(H2,17,20)(H,18,19). The van der Waals surface area contributed by atoms with E-state index >= 15 is 0 Å². The van der Waals surface area contributed by atoms with E-state index in [0.29, 0.717) is 17.7 Å². The van der Waals surface area contributed by atoms with Gasteiger partial charge in [-0.05, 0) is 36.4 Å². The highest BCUT2D eigenvalue weighted by atomic mass is 32.1. The lowest BCUT2D eigenvalue weighted by atomic mass is 9.92. The minimum atomic E-state index is -0.673. The van der Waals surface area contributed by atoms with E-state index in [1.807, 2.05) is 13.8 Å². The van der Waals surface area contributed by atoms with Gasteiger partial charge in [-0.25, -0.2) is 4.39 Å². The van der Waals surface area contributed by atoms with Crippen LogP contribution in [0.3, 0.4) is 0 Å². The number of nitrogens with two attached hydrogens (primary N) is 1. The van der Waals surface area contributed by atoms with Crippen molar-refractivity contribution < 1.29 is 9.18 Å². The predicted molar refractivity (Wildman–Crippen MR) is 89.3 cm³/mol. The van der Waals surface area contributed by atoms with Crippen LogP contribution in [0.4, 0.5) is 4.39 Å². The number of hydrogen-bond acceptors (Lipinski definition) is 3. The van der Waals surface area contributed by atoms with Crippen LogP contribution in [0.5, 0.6) is 0 Å². The van der Waals surface area contributed by atoms with Crippen molar-refractivity contribution in [1.29, 1.82) is 0 Å². The highest BCUT2D eigenvalue weighted by Gasteiger charge is 2.32. The Morgan fingerprint density at radius 1 is 1.38 bits per heavy atom. The zero-order valence-electron chi connectivity index (χ0n) is 11.9. The van der Waals surface area contributed by atoms with Crippen LogP contribution in [-0.4, -0.2) is 16.4 Å². The van der Waals surface area contributed by atoms with Gasteiger partial charge in [0.2, 0.25) is 0 Å². The fourth-order valence-corrected chi connectivity index (χ4v) is 3.56. The highest BCUT2D eigenvalue weighted by Crippen LogP contribution is 2.27. The molecule has 0 unspecified atom stereocenters. The van der Waals surface area contributed by atoms with Crippen molar-refractivity contribution in [3.63, 3.8) is 0 Å². The molecule has 0 radical (unpaired) electrons. The summed E-state index contributed by atoms with van der Waals surface area (Å²) in [5, 5.41) is 3.78. The van der Waals surface area contributed by atoms with Crippen LogP contribution in [0.15, 0.2) is 24.3 Å². The fraction of sp³-hybridized carbons (Fsp3) is 0.333. The minimum absolute atomic E-state index is 0.229. The van der Waals surface area contributed by atoms with Crippen LogP contribution < -0.4 is 11.1 Å². The molecule has 3 N–H and O–H groups in total. The molecule has 0 atom stereocenters. The van der Waals surface area contributed by atoms with E-state index in [9.17, 15) is 9.18 Å². The maximum Gasteiger partial charge on any atom is 0.262 e. The molecule has 0 aliphatic heterocycles. The lowest BCUT2D eigenvalue weighted by molar-refractivity contribution is 0.0924. The molecular formula is C15H17FN2OS2. The quantitative estimate of drug-likeness (QED) is 0.826. The molecule has 112 valence electrons. The van der Waals surface area contributed by atoms with Crippen LogP contribution in [0, 0.1) is 5.82 Å². The predicted octanol–water partition coefficient (Wildman–Crippen LogP) is 3.62. The summed E-state index contributed by atoms with van der Waals surface area (Å²) in [5.41, 5.74) is 5.11. The molecule has 0 saturated carbocycles. The number of amides is 1. The summed E-state index contributed by atoms with van der Waals surface area (Å²) in [6.45, 7) is 3.87. The van der Waals surface area contributed by atoms with Crippen molar-refractivity contribution >= 4 is 44.5 Å². The molecular weight excluding hydrogens is 307 g/mol. The highest BCUT2D eigenvalue weighted by molar-refractivity contribution is 7.80. The van der Waals surface area contributed by atoms with Crippen molar-refractivity contribution in [2.75, 3.05) is 0 Å². The SMILES string of the molecule is CCC(CC)(NC(=O)c1cc2ccc(F)cc2s1)C(N)=S. The Balaban J connectivity index is 2.31. The monoisotopic (exact) mass is 324 g/mol. The number of halogens is 1. The topological polar surface area (TPSA) is 55.1 Å². The van der Waals surface area contributed by atoms with Gasteiger partial charge >= 0.3 is 0 Å². The number of rotatable bonds is 5. The van der Waals surface area contributed by atoms with Gasteiger partial charge in [0.15, 0.2) is 0 Å². The first-order valence-corrected chi connectivity index (χ1v) is 7.96. The molecule has 21 heavy (non-hydrogen) atoms. The molecule has 0 aliphatic rings. The molecule has 0 aliphatic carbocycles. The molecule has 1 aromatic carbocycles. The van der Waals surface area contributed by atoms with Crippen molar-refractivity contribution in [3.05, 3.63) is 35.0 Å². The van der Waals surface area contributed by atoms with Gasteiger partial charge in [0.1, 0.15) is 5.82 Å². The van der Waals surface area contributed by atoms with Crippen molar-refractivity contribution in [2.24, 2.45) is 5.73 Å². The fourth-order valence-electron chi connectivity index (χ4n) is 2.23. The molecule has 0 fully saturated rings. The zero-order chi connectivity index (χ0) is 15.6. The third kappa shape index (κ3) is 3.06. The van der Waals surface area contributed by atoms with Crippen molar-refractivity contribution in [3.8, 4) is 0 Å². The smallest absolute Gasteiger partial charge is 0.262 e. The number of benzene rings is 1. The third-order valence-corrected chi connectivity index (χ3v) is 5.22. The van der Waals surface area contributed by atoms with Crippen molar-refractivity contribution in [1.82, 2.24) is 5.32 Å². The first-order valence-electron chi connectivity index (χ1n) is 6.73. The van der Waals surface area contributed by atoms with Gasteiger partial charge in [0, 0.05) is 4.70 Å². The maximum absolute atomic E-state index is 13.2.